The van der Waals surface area contributed by atoms with Gasteiger partial charge in [0.25, 0.3) is 0 Å². The van der Waals surface area contributed by atoms with Gasteiger partial charge in [-0.05, 0) is 51.8 Å². The fourth-order valence-corrected chi connectivity index (χ4v) is 5.23. The second-order valence-corrected chi connectivity index (χ2v) is 18.6. The van der Waals surface area contributed by atoms with Crippen LogP contribution in [0.2, 0.25) is 25.7 Å². The molecule has 2 rings (SSSR count). The molecule has 182 valence electrons. The Balaban J connectivity index is 2.21. The minimum Gasteiger partial charge on any atom is -0.466 e. The first-order chi connectivity index (χ1) is 14.8. The van der Waals surface area contributed by atoms with Crippen LogP contribution in [0, 0.1) is 0 Å². The molecule has 0 aromatic heterocycles. The highest BCUT2D eigenvalue weighted by Gasteiger charge is 2.44. The van der Waals surface area contributed by atoms with Gasteiger partial charge >= 0.3 is 5.97 Å². The summed E-state index contributed by atoms with van der Waals surface area (Å²) in [5, 5.41) is 3.54. The zero-order chi connectivity index (χ0) is 24.2. The highest BCUT2D eigenvalue weighted by molar-refractivity contribution is 7.86. The van der Waals surface area contributed by atoms with Gasteiger partial charge in [0.1, 0.15) is 0 Å². The predicted molar refractivity (Wildman–Crippen MR) is 133 cm³/mol. The number of carbonyl (C=O) groups excluding carboxylic acids is 1. The van der Waals surface area contributed by atoms with E-state index in [2.05, 4.69) is 25.0 Å². The summed E-state index contributed by atoms with van der Waals surface area (Å²) < 4.78 is 29.8. The summed E-state index contributed by atoms with van der Waals surface area (Å²) in [6.07, 6.45) is 0. The van der Waals surface area contributed by atoms with Crippen LogP contribution >= 0.6 is 0 Å². The van der Waals surface area contributed by atoms with Crippen LogP contribution in [0.15, 0.2) is 24.3 Å². The first-order valence-corrected chi connectivity index (χ1v) is 16.4. The molecule has 1 aromatic carbocycles. The summed E-state index contributed by atoms with van der Waals surface area (Å²) in [6.45, 7) is 18.4. The molecule has 8 heteroatoms. The number of rotatable bonds is 11. The highest BCUT2D eigenvalue weighted by Crippen LogP contribution is 2.33. The van der Waals surface area contributed by atoms with Crippen LogP contribution < -0.4 is 5.32 Å². The van der Waals surface area contributed by atoms with E-state index in [-0.39, 0.29) is 11.9 Å². The normalized spacial score (nSPS) is 19.0. The van der Waals surface area contributed by atoms with Gasteiger partial charge in [-0.15, -0.1) is 0 Å². The number of carbonyl (C=O) groups is 1. The maximum atomic E-state index is 13.3. The van der Waals surface area contributed by atoms with E-state index in [0.717, 1.165) is 17.2 Å². The van der Waals surface area contributed by atoms with Crippen LogP contribution in [0.25, 0.3) is 0 Å². The zero-order valence-electron chi connectivity index (χ0n) is 20.9. The van der Waals surface area contributed by atoms with Gasteiger partial charge in [0.2, 0.25) is 0 Å². The lowest BCUT2D eigenvalue weighted by molar-refractivity contribution is -0.144. The molecule has 3 atom stereocenters. The van der Waals surface area contributed by atoms with Crippen molar-refractivity contribution < 1.29 is 23.2 Å². The van der Waals surface area contributed by atoms with Crippen molar-refractivity contribution in [2.45, 2.75) is 82.1 Å². The fourth-order valence-electron chi connectivity index (χ4n) is 3.31. The highest BCUT2D eigenvalue weighted by atomic mass is 32.2. The van der Waals surface area contributed by atoms with Crippen molar-refractivity contribution in [3.8, 4) is 0 Å². The Bertz CT molecular complexity index is 781. The standard InChI is InChI=1S/C24H41NO5SSi/c1-9-29-21(26)18(2)19-10-12-20(13-11-19)24(16-28-17-24)25-22(31(27)23(3,4)5)30-14-15-32(6,7)8/h10-13,18,22,25H,9,14-17H2,1-8H3. The summed E-state index contributed by atoms with van der Waals surface area (Å²) in [6, 6.07) is 8.96. The Morgan fingerprint density at radius 2 is 1.81 bits per heavy atom. The van der Waals surface area contributed by atoms with Gasteiger partial charge in [-0.3, -0.25) is 14.3 Å². The molecular weight excluding hydrogens is 442 g/mol. The fraction of sp³-hybridized carbons (Fsp3) is 0.708. The molecule has 1 aliphatic heterocycles. The Hall–Kier alpha value is -1.06. The Labute approximate surface area is 197 Å². The molecule has 32 heavy (non-hydrogen) atoms. The van der Waals surface area contributed by atoms with Gasteiger partial charge in [0.05, 0.1) is 42.1 Å². The van der Waals surface area contributed by atoms with Gasteiger partial charge in [0.15, 0.2) is 5.56 Å². The third-order valence-electron chi connectivity index (χ3n) is 5.61. The van der Waals surface area contributed by atoms with E-state index in [1.807, 2.05) is 58.9 Å². The first-order valence-electron chi connectivity index (χ1n) is 11.4. The van der Waals surface area contributed by atoms with Crippen molar-refractivity contribution in [3.63, 3.8) is 0 Å². The molecule has 0 bridgehead atoms. The number of hydrogen-bond acceptors (Lipinski definition) is 6. The minimum atomic E-state index is -1.27. The van der Waals surface area contributed by atoms with E-state index in [9.17, 15) is 9.00 Å². The third-order valence-corrected chi connectivity index (χ3v) is 9.17. The van der Waals surface area contributed by atoms with Crippen molar-refractivity contribution in [2.24, 2.45) is 0 Å². The van der Waals surface area contributed by atoms with Crippen LogP contribution in [0.3, 0.4) is 0 Å². The van der Waals surface area contributed by atoms with E-state index in [1.54, 1.807) is 0 Å². The van der Waals surface area contributed by atoms with E-state index in [0.29, 0.717) is 26.4 Å². The summed E-state index contributed by atoms with van der Waals surface area (Å²) in [5.41, 5.74) is 0.890. The van der Waals surface area contributed by atoms with Gasteiger partial charge in [-0.2, -0.15) is 0 Å². The molecule has 0 spiro atoms. The monoisotopic (exact) mass is 483 g/mol. The molecule has 1 N–H and O–H groups in total. The molecule has 1 aromatic rings. The quantitative estimate of drug-likeness (QED) is 0.286. The van der Waals surface area contributed by atoms with Crippen LogP contribution in [0.4, 0.5) is 0 Å². The molecule has 1 saturated heterocycles. The molecule has 0 radical (unpaired) electrons. The lowest BCUT2D eigenvalue weighted by atomic mass is 9.86. The molecule has 1 aliphatic rings. The van der Waals surface area contributed by atoms with E-state index in [1.165, 1.54) is 0 Å². The summed E-state index contributed by atoms with van der Waals surface area (Å²) in [4.78, 5) is 12.1. The lowest BCUT2D eigenvalue weighted by Gasteiger charge is -2.45. The number of nitrogens with one attached hydrogen (secondary N) is 1. The number of benzene rings is 1. The molecule has 1 fully saturated rings. The van der Waals surface area contributed by atoms with Gasteiger partial charge in [-0.1, -0.05) is 43.9 Å². The summed E-state index contributed by atoms with van der Waals surface area (Å²) in [5.74, 6) is -0.548. The van der Waals surface area contributed by atoms with E-state index in [4.69, 9.17) is 14.2 Å². The summed E-state index contributed by atoms with van der Waals surface area (Å²) >= 11 is 0. The van der Waals surface area contributed by atoms with Crippen molar-refractivity contribution >= 4 is 24.8 Å². The van der Waals surface area contributed by atoms with Crippen molar-refractivity contribution in [1.29, 1.82) is 0 Å². The number of hydrogen-bond donors (Lipinski definition) is 1. The Morgan fingerprint density at radius 1 is 1.22 bits per heavy atom. The summed E-state index contributed by atoms with van der Waals surface area (Å²) in [7, 11) is -2.51. The van der Waals surface area contributed by atoms with E-state index < -0.39 is 34.7 Å². The molecule has 0 saturated carbocycles. The molecule has 1 heterocycles. The minimum absolute atomic E-state index is 0.225. The van der Waals surface area contributed by atoms with E-state index >= 15 is 0 Å². The van der Waals surface area contributed by atoms with Gasteiger partial charge in [-0.25, -0.2) is 0 Å². The van der Waals surface area contributed by atoms with Crippen LogP contribution in [-0.2, 0) is 35.3 Å². The maximum absolute atomic E-state index is 13.3. The number of esters is 1. The average molecular weight is 484 g/mol. The Morgan fingerprint density at radius 3 is 2.25 bits per heavy atom. The van der Waals surface area contributed by atoms with Crippen molar-refractivity contribution in [2.75, 3.05) is 26.4 Å². The third kappa shape index (κ3) is 7.22. The SMILES string of the molecule is CCOC(=O)C(C)c1ccc(C2(NC(OCC[Si](C)(C)C)S(=O)C(C)(C)C)COC2)cc1. The molecule has 6 nitrogen and oxygen atoms in total. The van der Waals surface area contributed by atoms with Crippen molar-refractivity contribution in [3.05, 3.63) is 35.4 Å². The molecular formula is C24H41NO5SSi. The largest absolute Gasteiger partial charge is 0.466 e. The van der Waals surface area contributed by atoms with Crippen LogP contribution in [-0.4, -0.2) is 55.0 Å². The molecule has 0 amide bonds. The van der Waals surface area contributed by atoms with Crippen LogP contribution in [0.5, 0.6) is 0 Å². The average Bonchev–Trinajstić information content (AvgIpc) is 2.67. The zero-order valence-corrected chi connectivity index (χ0v) is 22.8. The van der Waals surface area contributed by atoms with Crippen molar-refractivity contribution in [1.82, 2.24) is 5.32 Å². The lowest BCUT2D eigenvalue weighted by Crippen LogP contribution is -2.62. The first kappa shape index (κ1) is 27.2. The molecule has 3 unspecified atom stereocenters. The maximum Gasteiger partial charge on any atom is 0.313 e. The second-order valence-electron chi connectivity index (χ2n) is 10.7. The van der Waals surface area contributed by atoms with Crippen LogP contribution in [0.1, 0.15) is 51.7 Å². The smallest absolute Gasteiger partial charge is 0.313 e. The van der Waals surface area contributed by atoms with Gasteiger partial charge < -0.3 is 14.2 Å². The van der Waals surface area contributed by atoms with Gasteiger partial charge in [0, 0.05) is 19.4 Å². The number of ether oxygens (including phenoxy) is 3. The second kappa shape index (κ2) is 10.9. The predicted octanol–water partition coefficient (Wildman–Crippen LogP) is 4.35. The molecule has 0 aliphatic carbocycles. The topological polar surface area (TPSA) is 73.9 Å². The Kier molecular flexibility index (Phi) is 9.27.